The first kappa shape index (κ1) is 15.9. The maximum absolute atomic E-state index is 11.0. The van der Waals surface area contributed by atoms with Crippen molar-refractivity contribution in [1.29, 1.82) is 0 Å². The number of para-hydroxylation sites is 2. The zero-order valence-electron chi connectivity index (χ0n) is 15.0. The molecule has 0 radical (unpaired) electrons. The van der Waals surface area contributed by atoms with Gasteiger partial charge < -0.3 is 4.57 Å². The molecule has 0 unspecified atom stereocenters. The summed E-state index contributed by atoms with van der Waals surface area (Å²) in [5.74, 6) is 0. The van der Waals surface area contributed by atoms with Crippen LogP contribution in [0.5, 0.6) is 0 Å². The van der Waals surface area contributed by atoms with E-state index >= 15 is 0 Å². The van der Waals surface area contributed by atoms with Crippen LogP contribution in [0.15, 0.2) is 70.8 Å². The molecule has 27 heavy (non-hydrogen) atoms. The summed E-state index contributed by atoms with van der Waals surface area (Å²) in [6, 6.07) is 20.4. The molecule has 0 saturated carbocycles. The standard InChI is InChI=1S/C21H16BN3O2/c1-21(2)16-7-3-4-9-19(16)25-18-11-10-13(22(23-26)24-27)12-15(18)14-6-5-8-17(21)20(14)25/h3-12H,1-2H3. The van der Waals surface area contributed by atoms with Crippen LogP contribution < -0.4 is 5.46 Å². The third kappa shape index (κ3) is 1.95. The Balaban J connectivity index is 1.97. The second-order valence-corrected chi connectivity index (χ2v) is 7.54. The van der Waals surface area contributed by atoms with Crippen LogP contribution in [0.25, 0.3) is 27.5 Å². The molecule has 0 atom stereocenters. The molecule has 130 valence electrons. The monoisotopic (exact) mass is 353 g/mol. The summed E-state index contributed by atoms with van der Waals surface area (Å²) < 4.78 is 2.28. The van der Waals surface area contributed by atoms with Crippen molar-refractivity contribution in [3.8, 4) is 5.69 Å². The Morgan fingerprint density at radius 3 is 2.37 bits per heavy atom. The van der Waals surface area contributed by atoms with Gasteiger partial charge in [-0.25, -0.2) is 0 Å². The highest BCUT2D eigenvalue weighted by Crippen LogP contribution is 2.46. The zero-order valence-corrected chi connectivity index (χ0v) is 15.0. The Morgan fingerprint density at radius 1 is 0.852 bits per heavy atom. The third-order valence-corrected chi connectivity index (χ3v) is 5.80. The molecule has 1 aromatic heterocycles. The van der Waals surface area contributed by atoms with E-state index in [1.807, 2.05) is 12.1 Å². The third-order valence-electron chi connectivity index (χ3n) is 5.80. The highest BCUT2D eigenvalue weighted by atomic mass is 16.3. The van der Waals surface area contributed by atoms with Crippen molar-refractivity contribution in [1.82, 2.24) is 4.57 Å². The second kappa shape index (κ2) is 5.36. The number of rotatable bonds is 3. The second-order valence-electron chi connectivity index (χ2n) is 7.54. The van der Waals surface area contributed by atoms with Crippen molar-refractivity contribution >= 4 is 34.3 Å². The van der Waals surface area contributed by atoms with Gasteiger partial charge in [0.1, 0.15) is 0 Å². The van der Waals surface area contributed by atoms with E-state index in [0.29, 0.717) is 5.46 Å². The van der Waals surface area contributed by atoms with E-state index in [1.54, 1.807) is 6.07 Å². The Morgan fingerprint density at radius 2 is 1.59 bits per heavy atom. The van der Waals surface area contributed by atoms with Gasteiger partial charge in [0.25, 0.3) is 0 Å². The van der Waals surface area contributed by atoms with Gasteiger partial charge in [-0.1, -0.05) is 72.6 Å². The average Bonchev–Trinajstić information content (AvgIpc) is 3.02. The summed E-state index contributed by atoms with van der Waals surface area (Å²) in [7, 11) is 0. The molecule has 1 aliphatic rings. The van der Waals surface area contributed by atoms with E-state index in [4.69, 9.17) is 0 Å². The SMILES string of the molecule is CC1(C)c2ccccc2-n2c3ccc(B(N=O)N=O)cc3c3cccc1c32. The zero-order chi connectivity index (χ0) is 18.8. The largest absolute Gasteiger partial charge is 0.548 e. The molecule has 1 aliphatic heterocycles. The van der Waals surface area contributed by atoms with Gasteiger partial charge in [0.15, 0.2) is 0 Å². The molecule has 3 aromatic carbocycles. The summed E-state index contributed by atoms with van der Waals surface area (Å²) in [5.41, 5.74) is 6.29. The minimum absolute atomic E-state index is 0.124. The summed E-state index contributed by atoms with van der Waals surface area (Å²) in [5, 5.41) is 7.78. The van der Waals surface area contributed by atoms with Crippen LogP contribution in [0.2, 0.25) is 0 Å². The van der Waals surface area contributed by atoms with Crippen LogP contribution in [0.4, 0.5) is 0 Å². The quantitative estimate of drug-likeness (QED) is 0.397. The molecule has 0 N–H and O–H groups in total. The molecule has 5 rings (SSSR count). The Hall–Kier alpha value is -3.28. The number of nitroso groups, excluding NO2 is 2. The Kier molecular flexibility index (Phi) is 3.17. The number of hydrogen-bond acceptors (Lipinski definition) is 4. The van der Waals surface area contributed by atoms with E-state index in [1.165, 1.54) is 16.6 Å². The fraction of sp³-hybridized carbons (Fsp3) is 0.143. The van der Waals surface area contributed by atoms with Crippen LogP contribution in [-0.4, -0.2) is 11.5 Å². The van der Waals surface area contributed by atoms with Crippen molar-refractivity contribution < 1.29 is 0 Å². The van der Waals surface area contributed by atoms with Crippen molar-refractivity contribution in [3.63, 3.8) is 0 Å². The van der Waals surface area contributed by atoms with Gasteiger partial charge in [-0.3, -0.25) is 0 Å². The average molecular weight is 353 g/mol. The van der Waals surface area contributed by atoms with Gasteiger partial charge in [-0.15, -0.1) is 0 Å². The Labute approximate surface area is 156 Å². The minimum atomic E-state index is -1.22. The van der Waals surface area contributed by atoms with Crippen LogP contribution in [0, 0.1) is 9.81 Å². The molecule has 5 nitrogen and oxygen atoms in total. The molecule has 0 fully saturated rings. The van der Waals surface area contributed by atoms with Gasteiger partial charge in [0, 0.05) is 16.2 Å². The molecule has 0 saturated heterocycles. The van der Waals surface area contributed by atoms with Gasteiger partial charge in [0.05, 0.1) is 16.7 Å². The lowest BCUT2D eigenvalue weighted by atomic mass is 9.71. The van der Waals surface area contributed by atoms with Crippen molar-refractivity contribution in [2.45, 2.75) is 19.3 Å². The first-order valence-electron chi connectivity index (χ1n) is 8.90. The smallest absolute Gasteiger partial charge is 0.309 e. The molecular weight excluding hydrogens is 337 g/mol. The molecule has 0 aliphatic carbocycles. The highest BCUT2D eigenvalue weighted by molar-refractivity contribution is 6.70. The summed E-state index contributed by atoms with van der Waals surface area (Å²) in [6.07, 6.45) is 0. The van der Waals surface area contributed by atoms with E-state index in [0.717, 1.165) is 22.0 Å². The number of fused-ring (bicyclic) bond motifs is 5. The van der Waals surface area contributed by atoms with Crippen molar-refractivity contribution in [2.75, 3.05) is 0 Å². The number of aromatic nitrogens is 1. The Bertz CT molecular complexity index is 1250. The van der Waals surface area contributed by atoms with E-state index in [2.05, 4.69) is 71.1 Å². The van der Waals surface area contributed by atoms with Crippen LogP contribution in [0.1, 0.15) is 25.0 Å². The number of hydrogen-bond donors (Lipinski definition) is 0. The fourth-order valence-corrected chi connectivity index (χ4v) is 4.48. The molecule has 4 aromatic rings. The predicted molar refractivity (Wildman–Crippen MR) is 110 cm³/mol. The summed E-state index contributed by atoms with van der Waals surface area (Å²) in [6.45, 7) is 3.27. The highest BCUT2D eigenvalue weighted by Gasteiger charge is 2.35. The minimum Gasteiger partial charge on any atom is -0.309 e. The molecule has 6 heteroatoms. The molecule has 0 amide bonds. The van der Waals surface area contributed by atoms with E-state index in [9.17, 15) is 9.81 Å². The lowest BCUT2D eigenvalue weighted by Crippen LogP contribution is -2.26. The topological polar surface area (TPSA) is 63.8 Å². The van der Waals surface area contributed by atoms with E-state index < -0.39 is 6.98 Å². The molecule has 2 heterocycles. The van der Waals surface area contributed by atoms with Gasteiger partial charge in [-0.05, 0) is 28.7 Å². The van der Waals surface area contributed by atoms with Crippen molar-refractivity contribution in [2.24, 2.45) is 10.2 Å². The number of nitrogens with zero attached hydrogens (tertiary/aromatic N) is 3. The van der Waals surface area contributed by atoms with Gasteiger partial charge in [-0.2, -0.15) is 9.81 Å². The molecule has 0 spiro atoms. The number of benzene rings is 3. The van der Waals surface area contributed by atoms with Crippen LogP contribution in [-0.2, 0) is 5.41 Å². The maximum Gasteiger partial charge on any atom is 0.548 e. The summed E-state index contributed by atoms with van der Waals surface area (Å²) in [4.78, 5) is 21.9. The van der Waals surface area contributed by atoms with Gasteiger partial charge >= 0.3 is 6.98 Å². The van der Waals surface area contributed by atoms with E-state index in [-0.39, 0.29) is 5.41 Å². The normalized spacial score (nSPS) is 14.1. The maximum atomic E-state index is 11.0. The van der Waals surface area contributed by atoms with Gasteiger partial charge in [0.2, 0.25) is 0 Å². The first-order chi connectivity index (χ1) is 13.1. The summed E-state index contributed by atoms with van der Waals surface area (Å²) >= 11 is 0. The molecular formula is C21H16BN3O2. The molecule has 0 bridgehead atoms. The van der Waals surface area contributed by atoms with Crippen LogP contribution in [0.3, 0.4) is 0 Å². The predicted octanol–water partition coefficient (Wildman–Crippen LogP) is 4.65. The fourth-order valence-electron chi connectivity index (χ4n) is 4.48. The first-order valence-corrected chi connectivity index (χ1v) is 8.90. The van der Waals surface area contributed by atoms with Crippen LogP contribution >= 0.6 is 0 Å². The van der Waals surface area contributed by atoms with Crippen molar-refractivity contribution in [3.05, 3.63) is 81.6 Å². The lowest BCUT2D eigenvalue weighted by molar-refractivity contribution is 0.630. The lowest BCUT2D eigenvalue weighted by Gasteiger charge is -2.34.